The molecule has 0 aromatic heterocycles. The Morgan fingerprint density at radius 3 is 2.08 bits per heavy atom. The summed E-state index contributed by atoms with van der Waals surface area (Å²) in [6.07, 6.45) is -8.13. The number of likely N-dealkylation sites (N-methyl/N-ethyl adjacent to an activating group) is 3. The molecule has 1 aromatic carbocycles. The third-order valence-corrected chi connectivity index (χ3v) is 15.8. The SMILES string of the molecule is CC(=O)N1CCC(c2ccc(F)cc2C[C@H]2C(=O)N(C)CCCCCCC[C@H](N(C)C(=O)[C@@H](C3CC3)C3(C(N)=O)CC(F)CN3C(=O)C3(C(F)(F)F)CC(F)(F)C3)C(=O)N[C@@H](CC(C)C)C(=O)N2C)CC1. The molecule has 5 fully saturated rings. The number of benzene rings is 1. The molecule has 3 aliphatic heterocycles. The summed E-state index contributed by atoms with van der Waals surface area (Å²) < 4.78 is 103. The Labute approximate surface area is 410 Å². The van der Waals surface area contributed by atoms with Crippen molar-refractivity contribution in [3.05, 3.63) is 35.1 Å². The number of halogens is 7. The van der Waals surface area contributed by atoms with Gasteiger partial charge in [-0.2, -0.15) is 13.2 Å². The molecule has 0 spiro atoms. The molecule has 3 N–H and O–H groups in total. The van der Waals surface area contributed by atoms with Crippen LogP contribution in [0.1, 0.15) is 128 Å². The Morgan fingerprint density at radius 2 is 1.52 bits per heavy atom. The predicted molar refractivity (Wildman–Crippen MR) is 246 cm³/mol. The first kappa shape index (κ1) is 55.3. The van der Waals surface area contributed by atoms with Crippen LogP contribution in [-0.4, -0.2) is 155 Å². The molecule has 0 bridgehead atoms. The second-order valence-corrected chi connectivity index (χ2v) is 21.4. The van der Waals surface area contributed by atoms with E-state index >= 15 is 13.6 Å². The van der Waals surface area contributed by atoms with Gasteiger partial charge < -0.3 is 35.6 Å². The number of piperidine rings is 1. The van der Waals surface area contributed by atoms with Crippen molar-refractivity contribution in [2.45, 2.75) is 165 Å². The smallest absolute Gasteiger partial charge is 0.368 e. The van der Waals surface area contributed by atoms with Crippen LogP contribution in [0, 0.1) is 29.0 Å². The summed E-state index contributed by atoms with van der Waals surface area (Å²) in [7, 11) is 4.31. The molecule has 2 saturated carbocycles. The molecule has 6 rings (SSSR count). The maximum atomic E-state index is 15.7. The molecule has 21 heteroatoms. The van der Waals surface area contributed by atoms with Gasteiger partial charge in [-0.05, 0) is 86.0 Å². The maximum Gasteiger partial charge on any atom is 0.403 e. The summed E-state index contributed by atoms with van der Waals surface area (Å²) in [6.45, 7) is 5.33. The predicted octanol–water partition coefficient (Wildman–Crippen LogP) is 5.89. The summed E-state index contributed by atoms with van der Waals surface area (Å²) >= 11 is 0. The molecule has 0 radical (unpaired) electrons. The molecular weight excluding hydrogens is 944 g/mol. The average molecular weight is 1010 g/mol. The van der Waals surface area contributed by atoms with E-state index in [0.717, 1.165) is 10.5 Å². The molecule has 3 heterocycles. The number of nitrogens with two attached hydrogens (primary N) is 1. The highest BCUT2D eigenvalue weighted by Crippen LogP contribution is 2.62. The minimum Gasteiger partial charge on any atom is -0.368 e. The van der Waals surface area contributed by atoms with Crippen LogP contribution in [0.3, 0.4) is 0 Å². The molecule has 396 valence electrons. The van der Waals surface area contributed by atoms with E-state index < -0.39 is 126 Å². The average Bonchev–Trinajstić information content (AvgIpc) is 4.05. The molecule has 6 atom stereocenters. The highest BCUT2D eigenvalue weighted by Gasteiger charge is 2.77. The highest BCUT2D eigenvalue weighted by atomic mass is 19.4. The van der Waals surface area contributed by atoms with E-state index in [4.69, 9.17) is 5.73 Å². The van der Waals surface area contributed by atoms with Crippen molar-refractivity contribution in [1.82, 2.24) is 29.8 Å². The monoisotopic (exact) mass is 1010 g/mol. The number of hydrogen-bond donors (Lipinski definition) is 2. The lowest BCUT2D eigenvalue weighted by atomic mass is 9.63. The van der Waals surface area contributed by atoms with Gasteiger partial charge in [0, 0.05) is 73.4 Å². The van der Waals surface area contributed by atoms with Crippen LogP contribution in [0.2, 0.25) is 0 Å². The van der Waals surface area contributed by atoms with Gasteiger partial charge in [0.05, 0.1) is 12.5 Å². The first-order valence-electron chi connectivity index (χ1n) is 25.0. The molecule has 7 amide bonds. The number of primary amides is 1. The molecule has 2 aliphatic carbocycles. The van der Waals surface area contributed by atoms with E-state index in [2.05, 4.69) is 5.32 Å². The van der Waals surface area contributed by atoms with E-state index in [1.165, 1.54) is 38.1 Å². The topological polar surface area (TPSA) is 174 Å². The largest absolute Gasteiger partial charge is 0.403 e. The van der Waals surface area contributed by atoms with Crippen LogP contribution in [0.25, 0.3) is 0 Å². The van der Waals surface area contributed by atoms with Crippen LogP contribution >= 0.6 is 0 Å². The molecule has 1 aromatic rings. The number of nitrogens with zero attached hydrogens (tertiary/aromatic N) is 5. The number of amides is 7. The van der Waals surface area contributed by atoms with Gasteiger partial charge in [0.25, 0.3) is 5.92 Å². The Morgan fingerprint density at radius 1 is 0.901 bits per heavy atom. The fourth-order valence-corrected chi connectivity index (χ4v) is 11.7. The first-order chi connectivity index (χ1) is 33.1. The Bertz CT molecular complexity index is 2180. The fourth-order valence-electron chi connectivity index (χ4n) is 11.7. The highest BCUT2D eigenvalue weighted by molar-refractivity contribution is 6.00. The van der Waals surface area contributed by atoms with Gasteiger partial charge in [-0.25, -0.2) is 17.6 Å². The summed E-state index contributed by atoms with van der Waals surface area (Å²) in [5, 5.41) is 2.82. The Balaban J connectivity index is 1.33. The quantitative estimate of drug-likeness (QED) is 0.260. The number of nitrogens with one attached hydrogen (secondary N) is 1. The van der Waals surface area contributed by atoms with Crippen molar-refractivity contribution in [3.8, 4) is 0 Å². The maximum absolute atomic E-state index is 15.7. The van der Waals surface area contributed by atoms with Crippen LogP contribution in [-0.2, 0) is 40.0 Å². The number of carbonyl (C=O) groups is 7. The van der Waals surface area contributed by atoms with E-state index in [9.17, 15) is 50.7 Å². The minimum atomic E-state index is -5.53. The molecule has 2 unspecified atom stereocenters. The second kappa shape index (κ2) is 21.6. The van der Waals surface area contributed by atoms with Crippen LogP contribution in [0.4, 0.5) is 30.7 Å². The lowest BCUT2D eigenvalue weighted by Gasteiger charge is -2.51. The van der Waals surface area contributed by atoms with Gasteiger partial charge in [0.2, 0.25) is 41.4 Å². The van der Waals surface area contributed by atoms with Gasteiger partial charge in [-0.3, -0.25) is 33.6 Å². The van der Waals surface area contributed by atoms with Crippen molar-refractivity contribution in [2.75, 3.05) is 47.3 Å². The lowest BCUT2D eigenvalue weighted by molar-refractivity contribution is -0.300. The first-order valence-corrected chi connectivity index (χ1v) is 25.0. The number of rotatable bonds is 11. The zero-order valence-corrected chi connectivity index (χ0v) is 41.6. The number of alkyl halides is 6. The molecular formula is C50H70F7N7O7. The van der Waals surface area contributed by atoms with Gasteiger partial charge in [-0.15, -0.1) is 0 Å². The van der Waals surface area contributed by atoms with E-state index in [1.807, 2.05) is 13.8 Å². The van der Waals surface area contributed by atoms with Gasteiger partial charge in [-0.1, -0.05) is 45.6 Å². The fraction of sp³-hybridized carbons (Fsp3) is 0.740. The second-order valence-electron chi connectivity index (χ2n) is 21.4. The van der Waals surface area contributed by atoms with Crippen molar-refractivity contribution in [1.29, 1.82) is 0 Å². The standard InChI is InChI=1S/C50H70F7N7O7/c1-29(2)22-37-42(67)62(6)39(24-33-23-34(51)15-16-36(33)31-17-20-63(21-18-31)30(3)65)43(68)60(4)19-11-9-7-8-10-12-38(41(66)59-37)61(5)44(69)40(32-13-14-32)49(45(58)70)25-35(52)26-64(49)46(71)47(50(55,56)57)27-48(53,54)28-47/h15-16,23,29,31-32,35,37-40H,7-14,17-22,24-28H2,1-6H3,(H2,58,70)(H,59,66)/t35?,37-,38-,39-,40+,49?/m0/s1. The molecule has 71 heavy (non-hydrogen) atoms. The van der Waals surface area contributed by atoms with Crippen LogP contribution in [0.5, 0.6) is 0 Å². The normalized spacial score (nSPS) is 27.8. The zero-order valence-electron chi connectivity index (χ0n) is 41.6. The number of carbonyl (C=O) groups excluding carboxylic acids is 7. The van der Waals surface area contributed by atoms with Gasteiger partial charge >= 0.3 is 6.18 Å². The van der Waals surface area contributed by atoms with Crippen molar-refractivity contribution in [2.24, 2.45) is 28.9 Å². The van der Waals surface area contributed by atoms with Crippen LogP contribution in [0.15, 0.2) is 18.2 Å². The summed E-state index contributed by atoms with van der Waals surface area (Å²) in [5.74, 6) is -13.7. The minimum absolute atomic E-state index is 0.00279. The molecule has 14 nitrogen and oxygen atoms in total. The summed E-state index contributed by atoms with van der Waals surface area (Å²) in [5.41, 5.74) is 0.860. The zero-order chi connectivity index (χ0) is 52.5. The van der Waals surface area contributed by atoms with Gasteiger partial charge in [0.1, 0.15) is 35.7 Å². The summed E-state index contributed by atoms with van der Waals surface area (Å²) in [4.78, 5) is 105. The molecule has 3 saturated heterocycles. The lowest BCUT2D eigenvalue weighted by Crippen LogP contribution is -2.70. The van der Waals surface area contributed by atoms with Crippen molar-refractivity contribution >= 4 is 41.4 Å². The Kier molecular flexibility index (Phi) is 16.9. The summed E-state index contributed by atoms with van der Waals surface area (Å²) in [6, 6.07) is 0.520. The third kappa shape index (κ3) is 11.6. The number of likely N-dealkylation sites (tertiary alicyclic amines) is 2. The Hall–Kier alpha value is -4.98. The van der Waals surface area contributed by atoms with E-state index in [-0.39, 0.29) is 54.7 Å². The van der Waals surface area contributed by atoms with Gasteiger partial charge in [0.15, 0.2) is 5.41 Å². The van der Waals surface area contributed by atoms with E-state index in [0.29, 0.717) is 70.1 Å². The molecule has 5 aliphatic rings. The number of hydrogen-bond acceptors (Lipinski definition) is 7. The third-order valence-electron chi connectivity index (χ3n) is 15.8. The van der Waals surface area contributed by atoms with E-state index in [1.54, 1.807) is 22.9 Å². The van der Waals surface area contributed by atoms with Crippen molar-refractivity contribution in [3.63, 3.8) is 0 Å². The van der Waals surface area contributed by atoms with Crippen LogP contribution < -0.4 is 11.1 Å². The van der Waals surface area contributed by atoms with Crippen molar-refractivity contribution < 1.29 is 64.3 Å².